The van der Waals surface area contributed by atoms with Gasteiger partial charge in [0.1, 0.15) is 5.82 Å². The summed E-state index contributed by atoms with van der Waals surface area (Å²) < 4.78 is 1.24. The normalized spacial score (nSPS) is 27.6. The fourth-order valence-corrected chi connectivity index (χ4v) is 3.98. The van der Waals surface area contributed by atoms with Gasteiger partial charge in [0.2, 0.25) is 0 Å². The van der Waals surface area contributed by atoms with E-state index in [2.05, 4.69) is 28.7 Å². The van der Waals surface area contributed by atoms with E-state index in [-0.39, 0.29) is 12.1 Å². The molecular formula is C15H20N2OS. The summed E-state index contributed by atoms with van der Waals surface area (Å²) in [7, 11) is 0. The SMILES string of the molecule is CC1CCCC(CO)(Nc2nccc3sccc23)C1. The summed E-state index contributed by atoms with van der Waals surface area (Å²) in [6.45, 7) is 2.45. The topological polar surface area (TPSA) is 45.1 Å². The fraction of sp³-hybridized carbons (Fsp3) is 0.533. The maximum absolute atomic E-state index is 9.86. The van der Waals surface area contributed by atoms with Gasteiger partial charge in [0.25, 0.3) is 0 Å². The molecule has 0 radical (unpaired) electrons. The van der Waals surface area contributed by atoms with Gasteiger partial charge in [-0.2, -0.15) is 0 Å². The van der Waals surface area contributed by atoms with Gasteiger partial charge in [-0.1, -0.05) is 19.8 Å². The molecule has 0 spiro atoms. The van der Waals surface area contributed by atoms with Gasteiger partial charge in [-0.25, -0.2) is 4.98 Å². The Bertz CT molecular complexity index is 568. The molecule has 1 fully saturated rings. The molecule has 0 aromatic carbocycles. The quantitative estimate of drug-likeness (QED) is 0.899. The first-order valence-corrected chi connectivity index (χ1v) is 7.82. The second-order valence-electron chi connectivity index (χ2n) is 5.76. The Hall–Kier alpha value is -1.13. The molecule has 1 saturated carbocycles. The number of anilines is 1. The molecule has 2 heterocycles. The Kier molecular flexibility index (Phi) is 3.46. The number of hydrogen-bond donors (Lipinski definition) is 2. The molecule has 102 valence electrons. The van der Waals surface area contributed by atoms with Gasteiger partial charge in [0.15, 0.2) is 0 Å². The molecule has 1 aliphatic carbocycles. The number of nitrogens with zero attached hydrogens (tertiary/aromatic N) is 1. The Morgan fingerprint density at radius 2 is 2.42 bits per heavy atom. The van der Waals surface area contributed by atoms with Crippen molar-refractivity contribution in [1.82, 2.24) is 4.98 Å². The number of fused-ring (bicyclic) bond motifs is 1. The van der Waals surface area contributed by atoms with E-state index in [0.717, 1.165) is 18.7 Å². The van der Waals surface area contributed by atoms with Crippen LogP contribution in [0.5, 0.6) is 0 Å². The van der Waals surface area contributed by atoms with E-state index in [1.807, 2.05) is 12.3 Å². The van der Waals surface area contributed by atoms with Crippen molar-refractivity contribution < 1.29 is 5.11 Å². The van der Waals surface area contributed by atoms with Gasteiger partial charge < -0.3 is 10.4 Å². The highest BCUT2D eigenvalue weighted by atomic mass is 32.1. The number of nitrogens with one attached hydrogen (secondary N) is 1. The van der Waals surface area contributed by atoms with Crippen molar-refractivity contribution in [3.05, 3.63) is 23.7 Å². The molecule has 0 saturated heterocycles. The third-order valence-corrected chi connectivity index (χ3v) is 5.04. The Morgan fingerprint density at radius 1 is 1.53 bits per heavy atom. The molecule has 0 bridgehead atoms. The van der Waals surface area contributed by atoms with Crippen molar-refractivity contribution in [1.29, 1.82) is 0 Å². The predicted octanol–water partition coefficient (Wildman–Crippen LogP) is 3.65. The largest absolute Gasteiger partial charge is 0.394 e. The molecule has 1 aliphatic rings. The van der Waals surface area contributed by atoms with Crippen molar-refractivity contribution in [3.8, 4) is 0 Å². The van der Waals surface area contributed by atoms with Gasteiger partial charge in [-0.3, -0.25) is 0 Å². The molecule has 2 unspecified atom stereocenters. The number of pyridine rings is 1. The van der Waals surface area contributed by atoms with E-state index >= 15 is 0 Å². The number of thiophene rings is 1. The summed E-state index contributed by atoms with van der Waals surface area (Å²) in [4.78, 5) is 4.48. The lowest BCUT2D eigenvalue weighted by atomic mass is 9.77. The molecule has 0 amide bonds. The average molecular weight is 276 g/mol. The van der Waals surface area contributed by atoms with Crippen LogP contribution in [0, 0.1) is 5.92 Å². The second kappa shape index (κ2) is 5.10. The summed E-state index contributed by atoms with van der Waals surface area (Å²) in [5, 5.41) is 16.7. The molecule has 2 N–H and O–H groups in total. The first kappa shape index (κ1) is 12.9. The van der Waals surface area contributed by atoms with Crippen molar-refractivity contribution in [2.45, 2.75) is 38.1 Å². The number of aliphatic hydroxyl groups excluding tert-OH is 1. The number of aromatic nitrogens is 1. The van der Waals surface area contributed by atoms with Crippen molar-refractivity contribution in [2.24, 2.45) is 5.92 Å². The highest BCUT2D eigenvalue weighted by Crippen LogP contribution is 2.36. The summed E-state index contributed by atoms with van der Waals surface area (Å²) in [5.74, 6) is 1.58. The van der Waals surface area contributed by atoms with Crippen LogP contribution < -0.4 is 5.32 Å². The minimum absolute atomic E-state index is 0.180. The van der Waals surface area contributed by atoms with Crippen LogP contribution in [0.15, 0.2) is 23.7 Å². The second-order valence-corrected chi connectivity index (χ2v) is 6.70. The molecule has 2 aromatic heterocycles. The van der Waals surface area contributed by atoms with E-state index < -0.39 is 0 Å². The molecule has 19 heavy (non-hydrogen) atoms. The van der Waals surface area contributed by atoms with Crippen LogP contribution in [0.25, 0.3) is 10.1 Å². The van der Waals surface area contributed by atoms with E-state index in [1.165, 1.54) is 22.9 Å². The maximum Gasteiger partial charge on any atom is 0.135 e. The summed E-state index contributed by atoms with van der Waals surface area (Å²) >= 11 is 1.73. The third-order valence-electron chi connectivity index (χ3n) is 4.16. The van der Waals surface area contributed by atoms with Crippen LogP contribution >= 0.6 is 11.3 Å². The monoisotopic (exact) mass is 276 g/mol. The zero-order valence-electron chi connectivity index (χ0n) is 11.2. The number of hydrogen-bond acceptors (Lipinski definition) is 4. The molecule has 3 nitrogen and oxygen atoms in total. The standard InChI is InChI=1S/C15H20N2OS/c1-11-3-2-6-15(9-11,10-18)17-14-12-5-8-19-13(12)4-7-16-14/h4-5,7-8,11,18H,2-3,6,9-10H2,1H3,(H,16,17). The van der Waals surface area contributed by atoms with Gasteiger partial charge >= 0.3 is 0 Å². The minimum Gasteiger partial charge on any atom is -0.394 e. The number of aliphatic hydroxyl groups is 1. The molecular weight excluding hydrogens is 256 g/mol. The summed E-state index contributed by atoms with van der Waals surface area (Å²) in [6.07, 6.45) is 6.33. The lowest BCUT2D eigenvalue weighted by Crippen LogP contribution is -2.46. The van der Waals surface area contributed by atoms with E-state index in [1.54, 1.807) is 11.3 Å². The summed E-state index contributed by atoms with van der Waals surface area (Å²) in [5.41, 5.74) is -0.194. The van der Waals surface area contributed by atoms with Gasteiger partial charge in [-0.05, 0) is 36.3 Å². The van der Waals surface area contributed by atoms with Crippen LogP contribution in [-0.2, 0) is 0 Å². The lowest BCUT2D eigenvalue weighted by Gasteiger charge is -2.40. The van der Waals surface area contributed by atoms with Crippen LogP contribution in [0.1, 0.15) is 32.6 Å². The van der Waals surface area contributed by atoms with E-state index in [9.17, 15) is 5.11 Å². The Balaban J connectivity index is 1.92. The van der Waals surface area contributed by atoms with Crippen LogP contribution in [-0.4, -0.2) is 22.2 Å². The summed E-state index contributed by atoms with van der Waals surface area (Å²) in [6, 6.07) is 4.15. The zero-order valence-corrected chi connectivity index (χ0v) is 12.0. The Morgan fingerprint density at radius 3 is 3.21 bits per heavy atom. The van der Waals surface area contributed by atoms with Crippen LogP contribution in [0.3, 0.4) is 0 Å². The van der Waals surface area contributed by atoms with Crippen LogP contribution in [0.4, 0.5) is 5.82 Å². The average Bonchev–Trinajstić information content (AvgIpc) is 2.88. The van der Waals surface area contributed by atoms with Gasteiger partial charge in [-0.15, -0.1) is 11.3 Å². The lowest BCUT2D eigenvalue weighted by molar-refractivity contribution is 0.149. The van der Waals surface area contributed by atoms with E-state index in [4.69, 9.17) is 0 Å². The first-order valence-electron chi connectivity index (χ1n) is 6.94. The predicted molar refractivity (Wildman–Crippen MR) is 80.7 cm³/mol. The van der Waals surface area contributed by atoms with Crippen LogP contribution in [0.2, 0.25) is 0 Å². The van der Waals surface area contributed by atoms with E-state index in [0.29, 0.717) is 5.92 Å². The fourth-order valence-electron chi connectivity index (χ4n) is 3.20. The first-order chi connectivity index (χ1) is 9.22. The van der Waals surface area contributed by atoms with Crippen molar-refractivity contribution in [2.75, 3.05) is 11.9 Å². The molecule has 2 aromatic rings. The molecule has 2 atom stereocenters. The number of rotatable bonds is 3. The smallest absolute Gasteiger partial charge is 0.135 e. The zero-order chi connectivity index (χ0) is 13.3. The Labute approximate surface area is 117 Å². The van der Waals surface area contributed by atoms with Gasteiger partial charge in [0.05, 0.1) is 12.1 Å². The third kappa shape index (κ3) is 2.47. The molecule has 0 aliphatic heterocycles. The maximum atomic E-state index is 9.86. The highest BCUT2D eigenvalue weighted by Gasteiger charge is 2.34. The van der Waals surface area contributed by atoms with Crippen molar-refractivity contribution in [3.63, 3.8) is 0 Å². The highest BCUT2D eigenvalue weighted by molar-refractivity contribution is 7.17. The minimum atomic E-state index is -0.194. The van der Waals surface area contributed by atoms with Crippen molar-refractivity contribution >= 4 is 27.2 Å². The molecule has 3 rings (SSSR count). The van der Waals surface area contributed by atoms with Gasteiger partial charge in [0, 0.05) is 16.3 Å². The molecule has 4 heteroatoms.